The number of ether oxygens (including phenoxy) is 2. The Morgan fingerprint density at radius 1 is 1.23 bits per heavy atom. The third-order valence-electron chi connectivity index (χ3n) is 5.81. The number of carbonyl (C=O) groups is 1. The first kappa shape index (κ1) is 20.7. The number of piperidine rings is 1. The minimum Gasteiger partial charge on any atom is -0.491 e. The molecule has 1 unspecified atom stereocenters. The average molecular weight is 417 g/mol. The minimum absolute atomic E-state index is 0.0391. The van der Waals surface area contributed by atoms with Crippen molar-refractivity contribution in [2.45, 2.75) is 45.0 Å². The number of hydrogen-bond acceptors (Lipinski definition) is 6. The first-order chi connectivity index (χ1) is 14.6. The molecule has 0 bridgehead atoms. The normalized spacial score (nSPS) is 21.2. The maximum atomic E-state index is 13.0. The summed E-state index contributed by atoms with van der Waals surface area (Å²) in [6, 6.07) is 6.13. The van der Waals surface area contributed by atoms with Crippen molar-refractivity contribution in [1.82, 2.24) is 24.6 Å². The molecule has 1 aromatic heterocycles. The van der Waals surface area contributed by atoms with Gasteiger partial charge in [-0.1, -0.05) is 0 Å². The standard InChI is InChI=1S/C21H28FN5O3/c1-2-26-15-23-24-20(26)12-25-9-7-17(8-10-25)27-11-19(30-14-21(27)28)13-29-18-5-3-16(22)4-6-18/h3-6,15,17,19H,2,7-14H2,1H3. The molecule has 8 nitrogen and oxygen atoms in total. The first-order valence-corrected chi connectivity index (χ1v) is 10.5. The second kappa shape index (κ2) is 9.53. The van der Waals surface area contributed by atoms with Gasteiger partial charge in [0.2, 0.25) is 5.91 Å². The van der Waals surface area contributed by atoms with E-state index in [9.17, 15) is 9.18 Å². The Balaban J connectivity index is 1.27. The lowest BCUT2D eigenvalue weighted by Gasteiger charge is -2.42. The molecule has 2 aromatic rings. The van der Waals surface area contributed by atoms with Crippen LogP contribution in [0.5, 0.6) is 5.75 Å². The number of rotatable bonds is 7. The van der Waals surface area contributed by atoms with E-state index < -0.39 is 0 Å². The Morgan fingerprint density at radius 3 is 2.73 bits per heavy atom. The number of likely N-dealkylation sites (tertiary alicyclic amines) is 1. The Bertz CT molecular complexity index is 835. The van der Waals surface area contributed by atoms with Gasteiger partial charge in [-0.2, -0.15) is 0 Å². The van der Waals surface area contributed by atoms with Crippen molar-refractivity contribution in [1.29, 1.82) is 0 Å². The molecule has 1 amide bonds. The predicted octanol–water partition coefficient (Wildman–Crippen LogP) is 1.71. The van der Waals surface area contributed by atoms with Crippen molar-refractivity contribution in [3.05, 3.63) is 42.2 Å². The van der Waals surface area contributed by atoms with Crippen LogP contribution in [0.1, 0.15) is 25.6 Å². The van der Waals surface area contributed by atoms with Gasteiger partial charge < -0.3 is 18.9 Å². The van der Waals surface area contributed by atoms with Gasteiger partial charge in [-0.3, -0.25) is 9.69 Å². The van der Waals surface area contributed by atoms with Crippen molar-refractivity contribution in [2.75, 3.05) is 32.8 Å². The zero-order valence-corrected chi connectivity index (χ0v) is 17.2. The van der Waals surface area contributed by atoms with E-state index in [1.165, 1.54) is 12.1 Å². The van der Waals surface area contributed by atoms with E-state index >= 15 is 0 Å². The van der Waals surface area contributed by atoms with Crippen LogP contribution in [0, 0.1) is 5.82 Å². The number of morpholine rings is 1. The molecular formula is C21H28FN5O3. The number of halogens is 1. The summed E-state index contributed by atoms with van der Waals surface area (Å²) in [7, 11) is 0. The van der Waals surface area contributed by atoms with Crippen LogP contribution in [-0.4, -0.2) is 75.5 Å². The summed E-state index contributed by atoms with van der Waals surface area (Å²) in [5.41, 5.74) is 0. The Morgan fingerprint density at radius 2 is 2.00 bits per heavy atom. The monoisotopic (exact) mass is 417 g/mol. The molecule has 1 aromatic carbocycles. The van der Waals surface area contributed by atoms with Gasteiger partial charge in [-0.25, -0.2) is 4.39 Å². The van der Waals surface area contributed by atoms with E-state index in [4.69, 9.17) is 9.47 Å². The molecule has 9 heteroatoms. The van der Waals surface area contributed by atoms with Gasteiger partial charge in [0.1, 0.15) is 43.0 Å². The molecule has 162 valence electrons. The van der Waals surface area contributed by atoms with E-state index in [0.29, 0.717) is 18.9 Å². The molecule has 2 saturated heterocycles. The summed E-state index contributed by atoms with van der Waals surface area (Å²) in [6.07, 6.45) is 3.44. The molecule has 2 fully saturated rings. The third kappa shape index (κ3) is 4.96. The topological polar surface area (TPSA) is 72.7 Å². The van der Waals surface area contributed by atoms with Crippen molar-refractivity contribution in [2.24, 2.45) is 0 Å². The van der Waals surface area contributed by atoms with Crippen molar-refractivity contribution in [3.63, 3.8) is 0 Å². The van der Waals surface area contributed by atoms with Crippen molar-refractivity contribution < 1.29 is 18.7 Å². The fraction of sp³-hybridized carbons (Fsp3) is 0.571. The SMILES string of the molecule is CCn1cnnc1CN1CCC(N2CC(COc3ccc(F)cc3)OCC2=O)CC1. The number of aromatic nitrogens is 3. The summed E-state index contributed by atoms with van der Waals surface area (Å²) in [4.78, 5) is 16.8. The molecule has 3 heterocycles. The van der Waals surface area contributed by atoms with Gasteiger partial charge in [-0.05, 0) is 44.0 Å². The second-order valence-electron chi connectivity index (χ2n) is 7.78. The zero-order chi connectivity index (χ0) is 20.9. The fourth-order valence-corrected chi connectivity index (χ4v) is 4.07. The van der Waals surface area contributed by atoms with E-state index in [0.717, 1.165) is 44.8 Å². The molecule has 0 saturated carbocycles. The summed E-state index contributed by atoms with van der Waals surface area (Å²) < 4.78 is 26.4. The van der Waals surface area contributed by atoms with E-state index in [1.54, 1.807) is 18.5 Å². The first-order valence-electron chi connectivity index (χ1n) is 10.5. The molecule has 30 heavy (non-hydrogen) atoms. The van der Waals surface area contributed by atoms with Gasteiger partial charge >= 0.3 is 0 Å². The largest absolute Gasteiger partial charge is 0.491 e. The highest BCUT2D eigenvalue weighted by atomic mass is 19.1. The maximum absolute atomic E-state index is 13.0. The lowest BCUT2D eigenvalue weighted by molar-refractivity contribution is -0.155. The highest BCUT2D eigenvalue weighted by molar-refractivity contribution is 5.78. The zero-order valence-electron chi connectivity index (χ0n) is 17.2. The maximum Gasteiger partial charge on any atom is 0.248 e. The van der Waals surface area contributed by atoms with Crippen LogP contribution in [-0.2, 0) is 22.6 Å². The summed E-state index contributed by atoms with van der Waals surface area (Å²) in [6.45, 7) is 6.51. The average Bonchev–Trinajstić information content (AvgIpc) is 3.22. The number of benzene rings is 1. The van der Waals surface area contributed by atoms with E-state index in [2.05, 4.69) is 26.6 Å². The third-order valence-corrected chi connectivity index (χ3v) is 5.81. The highest BCUT2D eigenvalue weighted by Gasteiger charge is 2.34. The van der Waals surface area contributed by atoms with Gasteiger partial charge in [0, 0.05) is 25.7 Å². The highest BCUT2D eigenvalue weighted by Crippen LogP contribution is 2.22. The molecule has 4 rings (SSSR count). The van der Waals surface area contributed by atoms with Crippen LogP contribution in [0.3, 0.4) is 0 Å². The molecule has 2 aliphatic rings. The second-order valence-corrected chi connectivity index (χ2v) is 7.78. The lowest BCUT2D eigenvalue weighted by atomic mass is 10.0. The fourth-order valence-electron chi connectivity index (χ4n) is 4.07. The Kier molecular flexibility index (Phi) is 6.59. The lowest BCUT2D eigenvalue weighted by Crippen LogP contribution is -2.55. The number of nitrogens with zero attached hydrogens (tertiary/aromatic N) is 5. The van der Waals surface area contributed by atoms with Crippen molar-refractivity contribution >= 4 is 5.91 Å². The number of amides is 1. The van der Waals surface area contributed by atoms with E-state index in [1.807, 2.05) is 4.90 Å². The molecular weight excluding hydrogens is 389 g/mol. The summed E-state index contributed by atoms with van der Waals surface area (Å²) in [5.74, 6) is 1.32. The minimum atomic E-state index is -0.297. The number of hydrogen-bond donors (Lipinski definition) is 0. The predicted molar refractivity (Wildman–Crippen MR) is 107 cm³/mol. The molecule has 0 aliphatic carbocycles. The van der Waals surface area contributed by atoms with Crippen molar-refractivity contribution in [3.8, 4) is 5.75 Å². The molecule has 0 N–H and O–H groups in total. The number of aryl methyl sites for hydroxylation is 1. The van der Waals surface area contributed by atoms with Gasteiger partial charge in [0.25, 0.3) is 0 Å². The van der Waals surface area contributed by atoms with Crippen LogP contribution in [0.25, 0.3) is 0 Å². The van der Waals surface area contributed by atoms with Gasteiger partial charge in [0.05, 0.1) is 13.1 Å². The quantitative estimate of drug-likeness (QED) is 0.683. The van der Waals surface area contributed by atoms with Crippen LogP contribution < -0.4 is 4.74 Å². The van der Waals surface area contributed by atoms with E-state index in [-0.39, 0.29) is 30.5 Å². The van der Waals surface area contributed by atoms with Crippen LogP contribution in [0.2, 0.25) is 0 Å². The van der Waals surface area contributed by atoms with Crippen LogP contribution >= 0.6 is 0 Å². The van der Waals surface area contributed by atoms with Gasteiger partial charge in [-0.15, -0.1) is 10.2 Å². The van der Waals surface area contributed by atoms with Crippen LogP contribution in [0.15, 0.2) is 30.6 Å². The molecule has 1 atom stereocenters. The smallest absolute Gasteiger partial charge is 0.248 e. The summed E-state index contributed by atoms with van der Waals surface area (Å²) in [5, 5.41) is 8.22. The molecule has 0 spiro atoms. The number of carbonyl (C=O) groups excluding carboxylic acids is 1. The molecule has 0 radical (unpaired) electrons. The summed E-state index contributed by atoms with van der Waals surface area (Å²) >= 11 is 0. The van der Waals surface area contributed by atoms with Gasteiger partial charge in [0.15, 0.2) is 0 Å². The molecule has 2 aliphatic heterocycles. The Labute approximate surface area is 175 Å². The Hall–Kier alpha value is -2.52. The van der Waals surface area contributed by atoms with Crippen LogP contribution in [0.4, 0.5) is 4.39 Å².